The summed E-state index contributed by atoms with van der Waals surface area (Å²) in [7, 11) is 1.59. The Morgan fingerprint density at radius 1 is 1.26 bits per heavy atom. The largest absolute Gasteiger partial charge is 0.497 e. The number of methoxy groups -OCH3 is 1. The Morgan fingerprint density at radius 2 is 1.89 bits per heavy atom. The molecule has 2 amide bonds. The molecule has 5 nitrogen and oxygen atoms in total. The molecule has 19 heavy (non-hydrogen) atoms. The summed E-state index contributed by atoms with van der Waals surface area (Å²) in [6.07, 6.45) is 0.580. The molecule has 1 heterocycles. The van der Waals surface area contributed by atoms with Crippen LogP contribution in [0.1, 0.15) is 20.3 Å². The van der Waals surface area contributed by atoms with Crippen LogP contribution in [0, 0.1) is 0 Å². The van der Waals surface area contributed by atoms with Crippen molar-refractivity contribution in [3.05, 3.63) is 24.3 Å². The van der Waals surface area contributed by atoms with Crippen LogP contribution in [0.15, 0.2) is 24.3 Å². The smallest absolute Gasteiger partial charge is 0.250 e. The first-order valence-corrected chi connectivity index (χ1v) is 6.36. The maximum atomic E-state index is 12.3. The fourth-order valence-corrected chi connectivity index (χ4v) is 2.27. The van der Waals surface area contributed by atoms with E-state index in [0.717, 1.165) is 11.4 Å². The monoisotopic (exact) mass is 262 g/mol. The second-order valence-electron chi connectivity index (χ2n) is 4.56. The van der Waals surface area contributed by atoms with Gasteiger partial charge in [-0.15, -0.1) is 0 Å². The third-order valence-corrected chi connectivity index (χ3v) is 3.32. The minimum Gasteiger partial charge on any atom is -0.497 e. The highest BCUT2D eigenvalue weighted by molar-refractivity contribution is 6.08. The average molecular weight is 262 g/mol. The fourth-order valence-electron chi connectivity index (χ4n) is 2.27. The first-order valence-electron chi connectivity index (χ1n) is 6.36. The summed E-state index contributed by atoms with van der Waals surface area (Å²) in [6.45, 7) is 3.59. The third-order valence-electron chi connectivity index (χ3n) is 3.32. The maximum Gasteiger partial charge on any atom is 0.250 e. The Bertz CT molecular complexity index is 484. The summed E-state index contributed by atoms with van der Waals surface area (Å²) in [4.78, 5) is 25.8. The van der Waals surface area contributed by atoms with Crippen LogP contribution in [0.4, 0.5) is 5.69 Å². The van der Waals surface area contributed by atoms with Crippen molar-refractivity contribution in [1.29, 1.82) is 0 Å². The van der Waals surface area contributed by atoms with E-state index >= 15 is 0 Å². The number of carbonyl (C=O) groups is 2. The number of amides is 2. The summed E-state index contributed by atoms with van der Waals surface area (Å²) in [5.41, 5.74) is 0.722. The molecule has 1 aliphatic heterocycles. The molecule has 0 radical (unpaired) electrons. The minimum absolute atomic E-state index is 0.0865. The number of ether oxygens (including phenoxy) is 1. The molecule has 1 aliphatic rings. The molecule has 1 aromatic rings. The van der Waals surface area contributed by atoms with Crippen molar-refractivity contribution in [2.45, 2.75) is 32.4 Å². The van der Waals surface area contributed by atoms with Gasteiger partial charge in [0.25, 0.3) is 0 Å². The highest BCUT2D eigenvalue weighted by Crippen LogP contribution is 2.25. The van der Waals surface area contributed by atoms with E-state index in [4.69, 9.17) is 4.74 Å². The second-order valence-corrected chi connectivity index (χ2v) is 4.56. The van der Waals surface area contributed by atoms with Crippen molar-refractivity contribution in [2.24, 2.45) is 0 Å². The van der Waals surface area contributed by atoms with Crippen LogP contribution in [0.25, 0.3) is 0 Å². The van der Waals surface area contributed by atoms with Crippen molar-refractivity contribution >= 4 is 17.5 Å². The molecule has 2 rings (SSSR count). The van der Waals surface area contributed by atoms with E-state index in [9.17, 15) is 9.59 Å². The molecule has 0 saturated carbocycles. The molecular weight excluding hydrogens is 244 g/mol. The van der Waals surface area contributed by atoms with Crippen molar-refractivity contribution < 1.29 is 14.3 Å². The lowest BCUT2D eigenvalue weighted by Gasteiger charge is -2.37. The molecule has 1 fully saturated rings. The normalized spacial score (nSPS) is 23.2. The molecule has 1 N–H and O–H groups in total. The fraction of sp³-hybridized carbons (Fsp3) is 0.429. The van der Waals surface area contributed by atoms with Crippen LogP contribution in [-0.4, -0.2) is 31.0 Å². The standard InChI is InChI=1S/C14H18N2O3/c1-4-12-13(17)15-9(2)14(18)16(12)10-5-7-11(19-3)8-6-10/h5-9,12H,4H2,1-3H3,(H,15,17). The van der Waals surface area contributed by atoms with Gasteiger partial charge in [-0.25, -0.2) is 0 Å². The zero-order chi connectivity index (χ0) is 14.0. The summed E-state index contributed by atoms with van der Waals surface area (Å²) in [5, 5.41) is 2.70. The van der Waals surface area contributed by atoms with Gasteiger partial charge in [0.15, 0.2) is 0 Å². The van der Waals surface area contributed by atoms with Gasteiger partial charge in [-0.05, 0) is 37.6 Å². The van der Waals surface area contributed by atoms with Crippen molar-refractivity contribution in [1.82, 2.24) is 5.32 Å². The Hall–Kier alpha value is -2.04. The van der Waals surface area contributed by atoms with E-state index in [1.807, 2.05) is 6.92 Å². The van der Waals surface area contributed by atoms with Crippen molar-refractivity contribution in [3.63, 3.8) is 0 Å². The predicted octanol–water partition coefficient (Wildman–Crippen LogP) is 1.33. The molecule has 102 valence electrons. The SMILES string of the molecule is CCC1C(=O)NC(C)C(=O)N1c1ccc(OC)cc1. The summed E-state index contributed by atoms with van der Waals surface area (Å²) in [6, 6.07) is 6.23. The molecule has 0 spiro atoms. The van der Waals surface area contributed by atoms with E-state index in [0.29, 0.717) is 6.42 Å². The van der Waals surface area contributed by atoms with Gasteiger partial charge in [-0.1, -0.05) is 6.92 Å². The van der Waals surface area contributed by atoms with Crippen molar-refractivity contribution in [3.8, 4) is 5.75 Å². The topological polar surface area (TPSA) is 58.6 Å². The number of hydrogen-bond acceptors (Lipinski definition) is 3. The number of hydrogen-bond donors (Lipinski definition) is 1. The zero-order valence-corrected chi connectivity index (χ0v) is 11.3. The molecule has 5 heteroatoms. The van der Waals surface area contributed by atoms with Gasteiger partial charge >= 0.3 is 0 Å². The van der Waals surface area contributed by atoms with E-state index in [2.05, 4.69) is 5.32 Å². The first-order chi connectivity index (χ1) is 9.08. The lowest BCUT2D eigenvalue weighted by molar-refractivity contribution is -0.133. The quantitative estimate of drug-likeness (QED) is 0.894. The Morgan fingerprint density at radius 3 is 2.42 bits per heavy atom. The van der Waals surface area contributed by atoms with Crippen LogP contribution in [0.5, 0.6) is 5.75 Å². The van der Waals surface area contributed by atoms with Gasteiger partial charge in [0.1, 0.15) is 17.8 Å². The molecule has 2 unspecified atom stereocenters. The summed E-state index contributed by atoms with van der Waals surface area (Å²) >= 11 is 0. The number of piperazine rings is 1. The van der Waals surface area contributed by atoms with Gasteiger partial charge in [0.05, 0.1) is 7.11 Å². The minimum atomic E-state index is -0.489. The Kier molecular flexibility index (Phi) is 3.74. The number of nitrogens with one attached hydrogen (secondary N) is 1. The Balaban J connectivity index is 2.36. The van der Waals surface area contributed by atoms with E-state index < -0.39 is 12.1 Å². The second kappa shape index (κ2) is 5.30. The van der Waals surface area contributed by atoms with Crippen LogP contribution in [-0.2, 0) is 9.59 Å². The molecule has 0 aliphatic carbocycles. The molecule has 0 aromatic heterocycles. The van der Waals surface area contributed by atoms with Gasteiger partial charge in [-0.2, -0.15) is 0 Å². The lowest BCUT2D eigenvalue weighted by atomic mass is 10.0. The van der Waals surface area contributed by atoms with E-state index in [1.54, 1.807) is 43.2 Å². The van der Waals surface area contributed by atoms with Gasteiger partial charge in [0, 0.05) is 5.69 Å². The van der Waals surface area contributed by atoms with Crippen LogP contribution in [0.2, 0.25) is 0 Å². The van der Waals surface area contributed by atoms with Gasteiger partial charge < -0.3 is 10.1 Å². The molecule has 1 aromatic carbocycles. The highest BCUT2D eigenvalue weighted by atomic mass is 16.5. The summed E-state index contributed by atoms with van der Waals surface area (Å²) < 4.78 is 5.10. The molecule has 0 bridgehead atoms. The zero-order valence-electron chi connectivity index (χ0n) is 11.3. The van der Waals surface area contributed by atoms with E-state index in [-0.39, 0.29) is 11.8 Å². The molecule has 1 saturated heterocycles. The maximum absolute atomic E-state index is 12.3. The number of rotatable bonds is 3. The van der Waals surface area contributed by atoms with E-state index in [1.165, 1.54) is 0 Å². The van der Waals surface area contributed by atoms with Crippen LogP contribution < -0.4 is 15.0 Å². The molecular formula is C14H18N2O3. The number of carbonyl (C=O) groups excluding carboxylic acids is 2. The van der Waals surface area contributed by atoms with Crippen molar-refractivity contribution in [2.75, 3.05) is 12.0 Å². The lowest BCUT2D eigenvalue weighted by Crippen LogP contribution is -2.62. The highest BCUT2D eigenvalue weighted by Gasteiger charge is 2.38. The number of anilines is 1. The van der Waals surface area contributed by atoms with Crippen LogP contribution in [0.3, 0.4) is 0 Å². The summed E-state index contributed by atoms with van der Waals surface area (Å²) in [5.74, 6) is 0.529. The average Bonchev–Trinajstić information content (AvgIpc) is 2.42. The predicted molar refractivity (Wildman–Crippen MR) is 72.2 cm³/mol. The number of benzene rings is 1. The molecule has 2 atom stereocenters. The Labute approximate surface area is 112 Å². The van der Waals surface area contributed by atoms with Gasteiger partial charge in [-0.3, -0.25) is 14.5 Å². The van der Waals surface area contributed by atoms with Gasteiger partial charge in [0.2, 0.25) is 11.8 Å². The first kappa shape index (κ1) is 13.4. The van der Waals surface area contributed by atoms with Crippen LogP contribution >= 0.6 is 0 Å². The third kappa shape index (κ3) is 2.41. The number of nitrogens with zero attached hydrogens (tertiary/aromatic N) is 1.